The minimum absolute atomic E-state index is 0.122. The zero-order valence-corrected chi connectivity index (χ0v) is 11.0. The lowest BCUT2D eigenvalue weighted by Gasteiger charge is -2.01. The molecule has 0 bridgehead atoms. The largest absolute Gasteiger partial charge is 0.341 e. The van der Waals surface area contributed by atoms with E-state index >= 15 is 0 Å². The predicted molar refractivity (Wildman–Crippen MR) is 81.8 cm³/mol. The first kappa shape index (κ1) is 13.6. The van der Waals surface area contributed by atoms with Crippen molar-refractivity contribution in [1.82, 2.24) is 5.32 Å². The molecule has 0 spiro atoms. The van der Waals surface area contributed by atoms with Gasteiger partial charge in [-0.25, -0.2) is 0 Å². The summed E-state index contributed by atoms with van der Waals surface area (Å²) in [6.45, 7) is 0.332. The van der Waals surface area contributed by atoms with E-state index in [2.05, 4.69) is 17.2 Å². The second kappa shape index (κ2) is 7.60. The highest BCUT2D eigenvalue weighted by atomic mass is 16.1. The molecule has 0 aromatic heterocycles. The van der Waals surface area contributed by atoms with Crippen molar-refractivity contribution in [2.75, 3.05) is 6.54 Å². The van der Waals surface area contributed by atoms with Crippen molar-refractivity contribution in [3.8, 4) is 11.8 Å². The monoisotopic (exact) mass is 261 g/mol. The van der Waals surface area contributed by atoms with Gasteiger partial charge in [-0.05, 0) is 24.3 Å². The molecule has 1 aliphatic rings. The van der Waals surface area contributed by atoms with Crippen molar-refractivity contribution in [3.05, 3.63) is 84.0 Å². The van der Waals surface area contributed by atoms with E-state index in [9.17, 15) is 4.79 Å². The smallest absolute Gasteiger partial charge is 0.252 e. The molecule has 0 aliphatic heterocycles. The Morgan fingerprint density at radius 1 is 1.00 bits per heavy atom. The molecule has 1 aromatic rings. The molecule has 2 rings (SSSR count). The van der Waals surface area contributed by atoms with E-state index in [4.69, 9.17) is 0 Å². The summed E-state index contributed by atoms with van der Waals surface area (Å²) < 4.78 is 0. The molecular weight excluding hydrogens is 246 g/mol. The number of benzene rings is 1. The van der Waals surface area contributed by atoms with Gasteiger partial charge in [0.15, 0.2) is 0 Å². The number of carbonyl (C=O) groups excluding carboxylic acids is 1. The molecule has 20 heavy (non-hydrogen) atoms. The van der Waals surface area contributed by atoms with E-state index in [1.165, 1.54) is 0 Å². The highest BCUT2D eigenvalue weighted by Gasteiger charge is 2.03. The van der Waals surface area contributed by atoms with Crippen LogP contribution in [0.1, 0.15) is 5.56 Å². The molecular formula is C18H15NO. The number of amides is 1. The third-order valence-corrected chi connectivity index (χ3v) is 2.60. The first-order valence-corrected chi connectivity index (χ1v) is 6.40. The summed E-state index contributed by atoms with van der Waals surface area (Å²) in [6.07, 6.45) is 12.9. The van der Waals surface area contributed by atoms with Crippen LogP contribution in [0, 0.1) is 11.8 Å². The second-order valence-electron chi connectivity index (χ2n) is 4.10. The summed E-state index contributed by atoms with van der Waals surface area (Å²) >= 11 is 0. The summed E-state index contributed by atoms with van der Waals surface area (Å²) in [5.74, 6) is 5.81. The summed E-state index contributed by atoms with van der Waals surface area (Å²) in [4.78, 5) is 11.9. The average Bonchev–Trinajstić information content (AvgIpc) is 2.44. The minimum atomic E-state index is -0.122. The molecule has 98 valence electrons. The molecule has 1 N–H and O–H groups in total. The van der Waals surface area contributed by atoms with Crippen LogP contribution >= 0.6 is 0 Å². The van der Waals surface area contributed by atoms with Crippen LogP contribution in [0.15, 0.2) is 78.4 Å². The van der Waals surface area contributed by atoms with Crippen molar-refractivity contribution in [2.45, 2.75) is 0 Å². The number of carbonyl (C=O) groups is 1. The SMILES string of the molecule is O=C(NCC#Cc1ccccc1)C1=C/C=C\C=C/C=C\1. The van der Waals surface area contributed by atoms with Crippen LogP contribution in [-0.4, -0.2) is 12.5 Å². The van der Waals surface area contributed by atoms with Gasteiger partial charge < -0.3 is 5.32 Å². The van der Waals surface area contributed by atoms with Crippen LogP contribution in [-0.2, 0) is 4.79 Å². The Morgan fingerprint density at radius 2 is 1.75 bits per heavy atom. The average molecular weight is 261 g/mol. The molecule has 0 fully saturated rings. The standard InChI is InChI=1S/C18H15NO/c20-18(17-13-7-2-1-3-8-14-17)19-15-9-12-16-10-5-4-6-11-16/h1-8,10-11,13-14H,15H2,(H,19,20)/b2-1-,3-1?,7-2?,8-3-,13-7-,14-8?,17-13?,17-14+. The van der Waals surface area contributed by atoms with Gasteiger partial charge in [-0.1, -0.05) is 60.4 Å². The third kappa shape index (κ3) is 4.47. The fourth-order valence-corrected chi connectivity index (χ4v) is 1.61. The van der Waals surface area contributed by atoms with E-state index in [0.29, 0.717) is 12.1 Å². The van der Waals surface area contributed by atoms with Crippen LogP contribution in [0.25, 0.3) is 0 Å². The van der Waals surface area contributed by atoms with Gasteiger partial charge in [0.25, 0.3) is 5.91 Å². The van der Waals surface area contributed by atoms with Crippen LogP contribution in [0.5, 0.6) is 0 Å². The first-order chi connectivity index (χ1) is 9.86. The van der Waals surface area contributed by atoms with Crippen LogP contribution in [0.2, 0.25) is 0 Å². The van der Waals surface area contributed by atoms with Gasteiger partial charge in [-0.3, -0.25) is 4.79 Å². The zero-order valence-electron chi connectivity index (χ0n) is 11.0. The lowest BCUT2D eigenvalue weighted by atomic mass is 10.1. The molecule has 2 nitrogen and oxygen atoms in total. The molecule has 0 saturated carbocycles. The Morgan fingerprint density at radius 3 is 2.60 bits per heavy atom. The number of hydrogen-bond donors (Lipinski definition) is 1. The number of rotatable bonds is 2. The van der Waals surface area contributed by atoms with Crippen molar-refractivity contribution >= 4 is 5.91 Å². The molecule has 0 radical (unpaired) electrons. The minimum Gasteiger partial charge on any atom is -0.341 e. The highest BCUT2D eigenvalue weighted by Crippen LogP contribution is 2.01. The van der Waals surface area contributed by atoms with Crippen molar-refractivity contribution in [1.29, 1.82) is 0 Å². The highest BCUT2D eigenvalue weighted by molar-refractivity contribution is 5.96. The fraction of sp³-hybridized carbons (Fsp3) is 0.0556. The Labute approximate surface area is 119 Å². The lowest BCUT2D eigenvalue weighted by molar-refractivity contribution is -0.116. The van der Waals surface area contributed by atoms with Crippen molar-refractivity contribution in [3.63, 3.8) is 0 Å². The van der Waals surface area contributed by atoms with Gasteiger partial charge in [0.05, 0.1) is 6.54 Å². The first-order valence-electron chi connectivity index (χ1n) is 6.40. The second-order valence-corrected chi connectivity index (χ2v) is 4.10. The van der Waals surface area contributed by atoms with Gasteiger partial charge in [0.2, 0.25) is 0 Å². The normalized spacial score (nSPS) is 20.1. The fourth-order valence-electron chi connectivity index (χ4n) is 1.61. The Bertz CT molecular complexity index is 637. The summed E-state index contributed by atoms with van der Waals surface area (Å²) in [6, 6.07) is 9.69. The third-order valence-electron chi connectivity index (χ3n) is 2.60. The Kier molecular flexibility index (Phi) is 5.18. The quantitative estimate of drug-likeness (QED) is 0.815. The van der Waals surface area contributed by atoms with Crippen LogP contribution in [0.3, 0.4) is 0 Å². The van der Waals surface area contributed by atoms with Gasteiger partial charge in [-0.2, -0.15) is 0 Å². The maximum absolute atomic E-state index is 11.9. The molecule has 1 aromatic carbocycles. The van der Waals surface area contributed by atoms with E-state index in [1.807, 2.05) is 60.7 Å². The Balaban J connectivity index is 1.88. The maximum Gasteiger partial charge on any atom is 0.252 e. The van der Waals surface area contributed by atoms with Gasteiger partial charge in [-0.15, -0.1) is 0 Å². The van der Waals surface area contributed by atoms with Crippen LogP contribution in [0.4, 0.5) is 0 Å². The van der Waals surface area contributed by atoms with Crippen LogP contribution < -0.4 is 5.32 Å². The molecule has 0 atom stereocenters. The molecule has 2 heteroatoms. The van der Waals surface area contributed by atoms with E-state index in [0.717, 1.165) is 5.56 Å². The molecule has 1 aliphatic carbocycles. The predicted octanol–water partition coefficient (Wildman–Crippen LogP) is 2.76. The molecule has 1 amide bonds. The van der Waals surface area contributed by atoms with Crippen molar-refractivity contribution < 1.29 is 4.79 Å². The van der Waals surface area contributed by atoms with Crippen molar-refractivity contribution in [2.24, 2.45) is 0 Å². The number of allylic oxidation sites excluding steroid dienone is 6. The van der Waals surface area contributed by atoms with E-state index in [1.54, 1.807) is 12.2 Å². The molecule has 0 heterocycles. The van der Waals surface area contributed by atoms with E-state index in [-0.39, 0.29) is 5.91 Å². The number of nitrogens with one attached hydrogen (secondary N) is 1. The maximum atomic E-state index is 11.9. The summed E-state index contributed by atoms with van der Waals surface area (Å²) in [5.41, 5.74) is 1.56. The zero-order chi connectivity index (χ0) is 14.0. The molecule has 0 unspecified atom stereocenters. The topological polar surface area (TPSA) is 29.1 Å². The van der Waals surface area contributed by atoms with Gasteiger partial charge in [0, 0.05) is 11.1 Å². The lowest BCUT2D eigenvalue weighted by Crippen LogP contribution is -2.24. The number of hydrogen-bond acceptors (Lipinski definition) is 1. The summed E-state index contributed by atoms with van der Waals surface area (Å²) in [5, 5.41) is 2.78. The van der Waals surface area contributed by atoms with E-state index < -0.39 is 0 Å². The van der Waals surface area contributed by atoms with Gasteiger partial charge in [0.1, 0.15) is 0 Å². The summed E-state index contributed by atoms with van der Waals surface area (Å²) in [7, 11) is 0. The Hall–Kier alpha value is -2.79. The molecule has 0 saturated heterocycles. The van der Waals surface area contributed by atoms with Gasteiger partial charge >= 0.3 is 0 Å².